The van der Waals surface area contributed by atoms with Crippen LogP contribution in [-0.2, 0) is 14.8 Å². The summed E-state index contributed by atoms with van der Waals surface area (Å²) >= 11 is 0. The van der Waals surface area contributed by atoms with Crippen molar-refractivity contribution in [3.63, 3.8) is 0 Å². The molecule has 0 spiro atoms. The number of aliphatic carboxylic acids is 1. The average molecular weight is 361 g/mol. The van der Waals surface area contributed by atoms with Gasteiger partial charge in [0.25, 0.3) is 0 Å². The molecule has 2 aromatic rings. The third-order valence-corrected chi connectivity index (χ3v) is 6.23. The van der Waals surface area contributed by atoms with Crippen molar-refractivity contribution in [3.8, 4) is 0 Å². The first-order valence-corrected chi connectivity index (χ1v) is 9.39. The summed E-state index contributed by atoms with van der Waals surface area (Å²) in [5.74, 6) is -0.859. The Balaban J connectivity index is 2.14. The summed E-state index contributed by atoms with van der Waals surface area (Å²) in [5, 5.41) is 9.55. The first kappa shape index (κ1) is 17.4. The van der Waals surface area contributed by atoms with Crippen LogP contribution < -0.4 is 0 Å². The highest BCUT2D eigenvalue weighted by Gasteiger charge is 2.46. The Hall–Kier alpha value is -2.38. The molecule has 0 saturated heterocycles. The number of carbonyl (C=O) groups is 1. The summed E-state index contributed by atoms with van der Waals surface area (Å²) in [5.41, 5.74) is 0.955. The molecule has 2 heterocycles. The molecule has 0 unspecified atom stereocenters. The fraction of sp³-hybridized carbons (Fsp3) is 0.278. The quantitative estimate of drug-likeness (QED) is 0.884. The SMILES string of the molecule is CC[C@@H]1C=C(C(=O)O)[C@H](c2ccco2)N1S(=O)(=O)c1ccc(C)cc1. The first-order chi connectivity index (χ1) is 11.9. The van der Waals surface area contributed by atoms with Crippen molar-refractivity contribution in [2.75, 3.05) is 0 Å². The number of nitrogens with zero attached hydrogens (tertiary/aromatic N) is 1. The molecule has 132 valence electrons. The van der Waals surface area contributed by atoms with E-state index in [1.807, 2.05) is 13.8 Å². The summed E-state index contributed by atoms with van der Waals surface area (Å²) in [7, 11) is -3.90. The van der Waals surface area contributed by atoms with Gasteiger partial charge in [-0.1, -0.05) is 30.7 Å². The van der Waals surface area contributed by atoms with Crippen LogP contribution in [0.25, 0.3) is 0 Å². The summed E-state index contributed by atoms with van der Waals surface area (Å²) in [6.45, 7) is 3.69. The van der Waals surface area contributed by atoms with E-state index in [1.54, 1.807) is 24.3 Å². The number of benzene rings is 1. The van der Waals surface area contributed by atoms with Gasteiger partial charge in [0, 0.05) is 6.04 Å². The van der Waals surface area contributed by atoms with Gasteiger partial charge in [-0.05, 0) is 37.6 Å². The van der Waals surface area contributed by atoms with E-state index in [4.69, 9.17) is 4.42 Å². The Labute approximate surface area is 146 Å². The van der Waals surface area contributed by atoms with Crippen LogP contribution in [0.4, 0.5) is 0 Å². The van der Waals surface area contributed by atoms with Gasteiger partial charge in [0.2, 0.25) is 10.0 Å². The molecule has 0 amide bonds. The zero-order valence-corrected chi connectivity index (χ0v) is 14.7. The number of furan rings is 1. The van der Waals surface area contributed by atoms with Crippen LogP contribution in [0.3, 0.4) is 0 Å². The summed E-state index contributed by atoms with van der Waals surface area (Å²) in [6, 6.07) is 8.19. The smallest absolute Gasteiger partial charge is 0.333 e. The van der Waals surface area contributed by atoms with Gasteiger partial charge in [0.15, 0.2) is 0 Å². The summed E-state index contributed by atoms with van der Waals surface area (Å²) in [4.78, 5) is 11.8. The van der Waals surface area contributed by atoms with Crippen molar-refractivity contribution >= 4 is 16.0 Å². The topological polar surface area (TPSA) is 87.8 Å². The third kappa shape index (κ3) is 3.01. The lowest BCUT2D eigenvalue weighted by Gasteiger charge is -2.28. The second-order valence-electron chi connectivity index (χ2n) is 5.97. The van der Waals surface area contributed by atoms with Crippen LogP contribution in [-0.4, -0.2) is 29.8 Å². The minimum atomic E-state index is -3.90. The number of rotatable bonds is 5. The second-order valence-corrected chi connectivity index (χ2v) is 7.81. The molecule has 3 rings (SSSR count). The predicted octanol–water partition coefficient (Wildman–Crippen LogP) is 3.12. The molecule has 0 radical (unpaired) electrons. The maximum absolute atomic E-state index is 13.2. The molecule has 0 bridgehead atoms. The van der Waals surface area contributed by atoms with Gasteiger partial charge in [-0.2, -0.15) is 4.31 Å². The number of carboxylic acids is 1. The lowest BCUT2D eigenvalue weighted by atomic mass is 10.1. The highest BCUT2D eigenvalue weighted by atomic mass is 32.2. The molecule has 1 aliphatic rings. The predicted molar refractivity (Wildman–Crippen MR) is 91.5 cm³/mol. The Kier molecular flexibility index (Phi) is 4.53. The van der Waals surface area contributed by atoms with Crippen molar-refractivity contribution in [3.05, 3.63) is 65.6 Å². The van der Waals surface area contributed by atoms with Crippen molar-refractivity contribution in [1.29, 1.82) is 0 Å². The van der Waals surface area contributed by atoms with Gasteiger partial charge >= 0.3 is 5.97 Å². The Morgan fingerprint density at radius 1 is 1.24 bits per heavy atom. The van der Waals surface area contributed by atoms with E-state index in [-0.39, 0.29) is 10.5 Å². The van der Waals surface area contributed by atoms with Gasteiger partial charge in [-0.25, -0.2) is 13.2 Å². The van der Waals surface area contributed by atoms with Crippen molar-refractivity contribution in [1.82, 2.24) is 4.31 Å². The monoisotopic (exact) mass is 361 g/mol. The molecule has 1 aromatic heterocycles. The van der Waals surface area contributed by atoms with E-state index in [0.29, 0.717) is 12.2 Å². The highest BCUT2D eigenvalue weighted by molar-refractivity contribution is 7.89. The number of carboxylic acid groups (broad SMARTS) is 1. The van der Waals surface area contributed by atoms with Gasteiger partial charge in [-0.15, -0.1) is 0 Å². The molecule has 6 nitrogen and oxygen atoms in total. The van der Waals surface area contributed by atoms with Crippen LogP contribution in [0.1, 0.15) is 30.7 Å². The molecule has 1 N–H and O–H groups in total. The minimum absolute atomic E-state index is 0.0116. The summed E-state index contributed by atoms with van der Waals surface area (Å²) in [6.07, 6.45) is 3.37. The van der Waals surface area contributed by atoms with E-state index in [0.717, 1.165) is 5.56 Å². The van der Waals surface area contributed by atoms with E-state index in [9.17, 15) is 18.3 Å². The molecular formula is C18H19NO5S. The lowest BCUT2D eigenvalue weighted by molar-refractivity contribution is -0.133. The number of aryl methyl sites for hydroxylation is 1. The van der Waals surface area contributed by atoms with Gasteiger partial charge in [0.1, 0.15) is 11.8 Å². The van der Waals surface area contributed by atoms with Crippen LogP contribution >= 0.6 is 0 Å². The zero-order valence-electron chi connectivity index (χ0n) is 13.9. The molecule has 7 heteroatoms. The van der Waals surface area contributed by atoms with Gasteiger partial charge in [0.05, 0.1) is 16.7 Å². The lowest BCUT2D eigenvalue weighted by Crippen LogP contribution is -2.38. The number of hydrogen-bond acceptors (Lipinski definition) is 4. The maximum Gasteiger partial charge on any atom is 0.333 e. The molecular weight excluding hydrogens is 342 g/mol. The maximum atomic E-state index is 13.2. The van der Waals surface area contributed by atoms with E-state index >= 15 is 0 Å². The standard InChI is InChI=1S/C18H19NO5S/c1-3-13-11-15(18(20)21)17(16-5-4-10-24-16)19(13)25(22,23)14-8-6-12(2)7-9-14/h4-11,13,17H,3H2,1-2H3,(H,20,21)/t13-,17-/m1/s1. The van der Waals surface area contributed by atoms with E-state index < -0.39 is 28.1 Å². The summed E-state index contributed by atoms with van der Waals surface area (Å²) < 4.78 is 33.1. The molecule has 25 heavy (non-hydrogen) atoms. The number of sulfonamides is 1. The van der Waals surface area contributed by atoms with Gasteiger partial charge < -0.3 is 9.52 Å². The minimum Gasteiger partial charge on any atom is -0.478 e. The molecule has 1 aliphatic heterocycles. The Bertz CT molecular complexity index is 897. The molecule has 0 saturated carbocycles. The van der Waals surface area contributed by atoms with Crippen LogP contribution in [0, 0.1) is 6.92 Å². The van der Waals surface area contributed by atoms with Crippen molar-refractivity contribution in [2.45, 2.75) is 37.2 Å². The van der Waals surface area contributed by atoms with Crippen LogP contribution in [0.5, 0.6) is 0 Å². The van der Waals surface area contributed by atoms with E-state index in [2.05, 4.69) is 0 Å². The molecule has 1 aromatic carbocycles. The fourth-order valence-electron chi connectivity index (χ4n) is 3.06. The molecule has 0 fully saturated rings. The fourth-order valence-corrected chi connectivity index (χ4v) is 4.85. The molecule has 2 atom stereocenters. The Morgan fingerprint density at radius 2 is 1.92 bits per heavy atom. The van der Waals surface area contributed by atoms with Crippen molar-refractivity contribution < 1.29 is 22.7 Å². The Morgan fingerprint density at radius 3 is 2.44 bits per heavy atom. The second kappa shape index (κ2) is 6.50. The first-order valence-electron chi connectivity index (χ1n) is 7.95. The molecule has 0 aliphatic carbocycles. The zero-order chi connectivity index (χ0) is 18.2. The third-order valence-electron chi connectivity index (χ3n) is 4.32. The number of hydrogen-bond donors (Lipinski definition) is 1. The van der Waals surface area contributed by atoms with Crippen LogP contribution in [0.15, 0.2) is 63.6 Å². The average Bonchev–Trinajstić information content (AvgIpc) is 3.22. The van der Waals surface area contributed by atoms with Crippen LogP contribution in [0.2, 0.25) is 0 Å². The largest absolute Gasteiger partial charge is 0.478 e. The highest BCUT2D eigenvalue weighted by Crippen LogP contribution is 2.42. The van der Waals surface area contributed by atoms with Gasteiger partial charge in [-0.3, -0.25) is 0 Å². The van der Waals surface area contributed by atoms with Crippen molar-refractivity contribution in [2.24, 2.45) is 0 Å². The van der Waals surface area contributed by atoms with E-state index in [1.165, 1.54) is 28.8 Å². The normalized spacial score (nSPS) is 21.3.